The number of hydrogen-bond acceptors (Lipinski definition) is 5. The molecule has 1 aromatic rings. The van der Waals surface area contributed by atoms with Crippen LogP contribution in [0.4, 0.5) is 0 Å². The fourth-order valence-electron chi connectivity index (χ4n) is 3.39. The van der Waals surface area contributed by atoms with Crippen molar-refractivity contribution in [2.45, 2.75) is 37.7 Å². The predicted molar refractivity (Wildman–Crippen MR) is 91.3 cm³/mol. The van der Waals surface area contributed by atoms with Gasteiger partial charge in [0.05, 0.1) is 25.9 Å². The maximum atomic E-state index is 9.37. The number of hydrogen-bond donors (Lipinski definition) is 1. The van der Waals surface area contributed by atoms with Crippen molar-refractivity contribution >= 4 is 0 Å². The average Bonchev–Trinajstić information content (AvgIpc) is 2.81. The molecule has 1 aromatic carbocycles. The van der Waals surface area contributed by atoms with Gasteiger partial charge in [-0.15, -0.1) is 0 Å². The second-order valence-electron chi connectivity index (χ2n) is 6.63. The highest BCUT2D eigenvalue weighted by Crippen LogP contribution is 2.27. The lowest BCUT2D eigenvalue weighted by molar-refractivity contribution is -0.0815. The normalized spacial score (nSPS) is 22.9. The summed E-state index contributed by atoms with van der Waals surface area (Å²) in [7, 11) is 0. The Morgan fingerprint density at radius 2 is 2.17 bits per heavy atom. The molecule has 0 bridgehead atoms. The van der Waals surface area contributed by atoms with Gasteiger partial charge in [0.1, 0.15) is 12.4 Å². The van der Waals surface area contributed by atoms with Crippen LogP contribution in [0.15, 0.2) is 18.2 Å². The number of benzene rings is 1. The van der Waals surface area contributed by atoms with Crippen LogP contribution < -0.4 is 10.1 Å². The fraction of sp³-hybridized carbons (Fsp3) is 0.632. The van der Waals surface area contributed by atoms with E-state index in [0.717, 1.165) is 25.3 Å². The number of rotatable bonds is 5. The second kappa shape index (κ2) is 7.98. The number of nitriles is 1. The van der Waals surface area contributed by atoms with E-state index < -0.39 is 5.60 Å². The molecule has 0 aromatic heterocycles. The molecule has 5 nitrogen and oxygen atoms in total. The minimum Gasteiger partial charge on any atom is -0.491 e. The van der Waals surface area contributed by atoms with Crippen molar-refractivity contribution in [2.24, 2.45) is 0 Å². The lowest BCUT2D eigenvalue weighted by Crippen LogP contribution is -2.38. The molecule has 0 saturated carbocycles. The van der Waals surface area contributed by atoms with E-state index in [1.165, 1.54) is 11.1 Å². The number of ether oxygens (including phenoxy) is 3. The molecule has 1 saturated heterocycles. The van der Waals surface area contributed by atoms with Crippen LogP contribution in [0.1, 0.15) is 36.8 Å². The summed E-state index contributed by atoms with van der Waals surface area (Å²) in [6.45, 7) is 6.33. The third-order valence-electron chi connectivity index (χ3n) is 4.90. The molecule has 1 fully saturated rings. The molecule has 0 radical (unpaired) electrons. The smallest absolute Gasteiger partial charge is 0.158 e. The summed E-state index contributed by atoms with van der Waals surface area (Å²) in [5.74, 6) is 1.37. The summed E-state index contributed by atoms with van der Waals surface area (Å²) in [5.41, 5.74) is 2.08. The highest BCUT2D eigenvalue weighted by Gasteiger charge is 2.33. The number of nitrogens with one attached hydrogen (secondary N) is 1. The number of nitrogens with zero attached hydrogens (tertiary/aromatic N) is 1. The first-order chi connectivity index (χ1) is 11.7. The highest BCUT2D eigenvalue weighted by molar-refractivity contribution is 5.38. The zero-order valence-electron chi connectivity index (χ0n) is 14.3. The topological polar surface area (TPSA) is 63.5 Å². The SMILES string of the molecule is CC1CNCCc2ccc(OCCOC3(C#N)CCOCC3)cc21. The van der Waals surface area contributed by atoms with E-state index in [-0.39, 0.29) is 0 Å². The maximum Gasteiger partial charge on any atom is 0.158 e. The lowest BCUT2D eigenvalue weighted by atomic mass is 9.95. The maximum absolute atomic E-state index is 9.37. The molecule has 1 N–H and O–H groups in total. The average molecular weight is 330 g/mol. The van der Waals surface area contributed by atoms with Crippen LogP contribution in [0.25, 0.3) is 0 Å². The van der Waals surface area contributed by atoms with Gasteiger partial charge in [0.25, 0.3) is 0 Å². The van der Waals surface area contributed by atoms with E-state index in [9.17, 15) is 5.26 Å². The quantitative estimate of drug-likeness (QED) is 0.840. The van der Waals surface area contributed by atoms with Crippen LogP contribution in [-0.4, -0.2) is 45.1 Å². The first-order valence-corrected chi connectivity index (χ1v) is 8.82. The summed E-state index contributed by atoms with van der Waals surface area (Å²) in [4.78, 5) is 0. The third-order valence-corrected chi connectivity index (χ3v) is 4.90. The van der Waals surface area contributed by atoms with E-state index >= 15 is 0 Å². The zero-order valence-corrected chi connectivity index (χ0v) is 14.3. The van der Waals surface area contributed by atoms with Crippen LogP contribution in [0.3, 0.4) is 0 Å². The van der Waals surface area contributed by atoms with Gasteiger partial charge in [-0.05, 0) is 42.1 Å². The fourth-order valence-corrected chi connectivity index (χ4v) is 3.39. The van der Waals surface area contributed by atoms with Gasteiger partial charge in [-0.1, -0.05) is 13.0 Å². The van der Waals surface area contributed by atoms with Crippen LogP contribution in [0, 0.1) is 11.3 Å². The Morgan fingerprint density at radius 1 is 1.33 bits per heavy atom. The van der Waals surface area contributed by atoms with Crippen molar-refractivity contribution in [1.82, 2.24) is 5.32 Å². The van der Waals surface area contributed by atoms with Gasteiger partial charge in [-0.25, -0.2) is 0 Å². The summed E-state index contributed by atoms with van der Waals surface area (Å²) in [5, 5.41) is 12.8. The van der Waals surface area contributed by atoms with E-state index in [1.807, 2.05) is 6.07 Å². The molecule has 2 heterocycles. The predicted octanol–water partition coefficient (Wildman–Crippen LogP) is 2.40. The monoisotopic (exact) mass is 330 g/mol. The molecule has 24 heavy (non-hydrogen) atoms. The number of fused-ring (bicyclic) bond motifs is 1. The van der Waals surface area contributed by atoms with Crippen molar-refractivity contribution in [3.63, 3.8) is 0 Å². The molecule has 5 heteroatoms. The van der Waals surface area contributed by atoms with E-state index in [4.69, 9.17) is 14.2 Å². The van der Waals surface area contributed by atoms with E-state index in [0.29, 0.717) is 45.2 Å². The second-order valence-corrected chi connectivity index (χ2v) is 6.63. The Kier molecular flexibility index (Phi) is 5.72. The molecule has 130 valence electrons. The van der Waals surface area contributed by atoms with Gasteiger partial charge >= 0.3 is 0 Å². The van der Waals surface area contributed by atoms with Gasteiger partial charge in [-0.3, -0.25) is 0 Å². The minimum absolute atomic E-state index is 0.418. The Balaban J connectivity index is 1.53. The molecule has 3 rings (SSSR count). The van der Waals surface area contributed by atoms with Gasteiger partial charge in [0.15, 0.2) is 5.60 Å². The standard InChI is InChI=1S/C19H26N2O3/c1-15-13-21-7-4-16-2-3-17(12-18(15)16)23-10-11-24-19(14-20)5-8-22-9-6-19/h2-3,12,15,21H,4-11,13H2,1H3. The minimum atomic E-state index is -0.699. The van der Waals surface area contributed by atoms with E-state index in [2.05, 4.69) is 30.4 Å². The Hall–Kier alpha value is -1.61. The summed E-state index contributed by atoms with van der Waals surface area (Å²) in [6, 6.07) is 8.66. The molecular weight excluding hydrogens is 304 g/mol. The van der Waals surface area contributed by atoms with Gasteiger partial charge in [0.2, 0.25) is 0 Å². The molecular formula is C19H26N2O3. The molecule has 2 aliphatic heterocycles. The van der Waals surface area contributed by atoms with Crippen molar-refractivity contribution in [1.29, 1.82) is 5.26 Å². The van der Waals surface area contributed by atoms with Crippen LogP contribution in [0.2, 0.25) is 0 Å². The molecule has 2 aliphatic rings. The van der Waals surface area contributed by atoms with Crippen molar-refractivity contribution in [2.75, 3.05) is 39.5 Å². The van der Waals surface area contributed by atoms with Crippen LogP contribution >= 0.6 is 0 Å². The first-order valence-electron chi connectivity index (χ1n) is 8.82. The van der Waals surface area contributed by atoms with Crippen molar-refractivity contribution in [3.05, 3.63) is 29.3 Å². The highest BCUT2D eigenvalue weighted by atomic mass is 16.5. The summed E-state index contributed by atoms with van der Waals surface area (Å²) >= 11 is 0. The Morgan fingerprint density at radius 3 is 2.96 bits per heavy atom. The van der Waals surface area contributed by atoms with Gasteiger partial charge in [-0.2, -0.15) is 5.26 Å². The Labute approximate surface area is 143 Å². The molecule has 1 atom stereocenters. The van der Waals surface area contributed by atoms with E-state index in [1.54, 1.807) is 0 Å². The third kappa shape index (κ3) is 4.07. The first kappa shape index (κ1) is 17.2. The Bertz CT molecular complexity index is 591. The van der Waals surface area contributed by atoms with Gasteiger partial charge < -0.3 is 19.5 Å². The summed E-state index contributed by atoms with van der Waals surface area (Å²) < 4.78 is 17.0. The largest absolute Gasteiger partial charge is 0.491 e. The molecule has 0 aliphatic carbocycles. The van der Waals surface area contributed by atoms with Crippen molar-refractivity contribution in [3.8, 4) is 11.8 Å². The van der Waals surface area contributed by atoms with Crippen molar-refractivity contribution < 1.29 is 14.2 Å². The lowest BCUT2D eigenvalue weighted by Gasteiger charge is -2.30. The summed E-state index contributed by atoms with van der Waals surface area (Å²) in [6.07, 6.45) is 2.33. The molecule has 0 amide bonds. The molecule has 0 spiro atoms. The van der Waals surface area contributed by atoms with Gasteiger partial charge in [0, 0.05) is 19.4 Å². The zero-order chi connectivity index (χ0) is 16.8. The van der Waals surface area contributed by atoms with Crippen LogP contribution in [0.5, 0.6) is 5.75 Å². The molecule has 1 unspecified atom stereocenters. The van der Waals surface area contributed by atoms with Crippen LogP contribution in [-0.2, 0) is 15.9 Å².